The molecule has 1 atom stereocenters. The van der Waals surface area contributed by atoms with Crippen LogP contribution in [0.3, 0.4) is 0 Å². The summed E-state index contributed by atoms with van der Waals surface area (Å²) in [6.07, 6.45) is 2.50. The second kappa shape index (κ2) is 5.56. The van der Waals surface area contributed by atoms with Crippen molar-refractivity contribution >= 4 is 34.5 Å². The predicted octanol–water partition coefficient (Wildman–Crippen LogP) is 3.63. The van der Waals surface area contributed by atoms with Crippen LogP contribution in [0.2, 0.25) is 0 Å². The zero-order chi connectivity index (χ0) is 14.9. The Morgan fingerprint density at radius 3 is 3.00 bits per heavy atom. The van der Waals surface area contributed by atoms with Crippen molar-refractivity contribution in [3.8, 4) is 0 Å². The molecule has 0 aliphatic carbocycles. The van der Waals surface area contributed by atoms with Gasteiger partial charge in [-0.2, -0.15) is 11.8 Å². The average molecular weight is 302 g/mol. The van der Waals surface area contributed by atoms with E-state index in [0.717, 1.165) is 12.4 Å². The third-order valence-electron chi connectivity index (χ3n) is 3.91. The van der Waals surface area contributed by atoms with Gasteiger partial charge < -0.3 is 10.4 Å². The SMILES string of the molecule is CC1(CNc2ccc3c(C(=O)O)cccc3n2)CCCS1. The molecule has 1 aliphatic heterocycles. The molecule has 110 valence electrons. The third kappa shape index (κ3) is 2.97. The fourth-order valence-corrected chi connectivity index (χ4v) is 3.94. The maximum Gasteiger partial charge on any atom is 0.336 e. The Labute approximate surface area is 128 Å². The number of nitrogens with one attached hydrogen (secondary N) is 1. The zero-order valence-electron chi connectivity index (χ0n) is 11.9. The highest BCUT2D eigenvalue weighted by Crippen LogP contribution is 2.37. The van der Waals surface area contributed by atoms with Crippen LogP contribution >= 0.6 is 11.8 Å². The molecular formula is C16H18N2O2S. The first-order valence-electron chi connectivity index (χ1n) is 7.08. The number of benzene rings is 1. The molecule has 1 aliphatic rings. The molecule has 0 amide bonds. The van der Waals surface area contributed by atoms with Crippen molar-refractivity contribution in [1.29, 1.82) is 0 Å². The summed E-state index contributed by atoms with van der Waals surface area (Å²) in [6.45, 7) is 3.16. The van der Waals surface area contributed by atoms with E-state index < -0.39 is 5.97 Å². The van der Waals surface area contributed by atoms with Crippen molar-refractivity contribution in [2.75, 3.05) is 17.6 Å². The van der Waals surface area contributed by atoms with Gasteiger partial charge in [-0.05, 0) is 49.8 Å². The summed E-state index contributed by atoms with van der Waals surface area (Å²) in [7, 11) is 0. The van der Waals surface area contributed by atoms with Gasteiger partial charge in [-0.15, -0.1) is 0 Å². The van der Waals surface area contributed by atoms with Crippen LogP contribution in [0.15, 0.2) is 30.3 Å². The standard InChI is InChI=1S/C16H18N2O2S/c1-16(8-3-9-21-16)10-17-14-7-6-11-12(15(19)20)4-2-5-13(11)18-14/h2,4-7H,3,8-10H2,1H3,(H,17,18)(H,19,20). The lowest BCUT2D eigenvalue weighted by atomic mass is 10.1. The first-order valence-corrected chi connectivity index (χ1v) is 8.07. The molecule has 2 N–H and O–H groups in total. The Hall–Kier alpha value is -1.75. The van der Waals surface area contributed by atoms with E-state index >= 15 is 0 Å². The summed E-state index contributed by atoms with van der Waals surface area (Å²) in [5.74, 6) is 1.11. The minimum atomic E-state index is -0.919. The lowest BCUT2D eigenvalue weighted by Crippen LogP contribution is -2.27. The largest absolute Gasteiger partial charge is 0.478 e. The maximum absolute atomic E-state index is 11.2. The number of carbonyl (C=O) groups is 1. The second-order valence-electron chi connectivity index (χ2n) is 5.63. The highest BCUT2D eigenvalue weighted by Gasteiger charge is 2.29. The van der Waals surface area contributed by atoms with Gasteiger partial charge in [0.15, 0.2) is 0 Å². The number of carboxylic acids is 1. The topological polar surface area (TPSA) is 62.2 Å². The molecule has 1 unspecified atom stereocenters. The van der Waals surface area contributed by atoms with Crippen LogP contribution < -0.4 is 5.32 Å². The van der Waals surface area contributed by atoms with Crippen LogP contribution in [0.25, 0.3) is 10.9 Å². The zero-order valence-corrected chi connectivity index (χ0v) is 12.7. The van der Waals surface area contributed by atoms with Gasteiger partial charge in [-0.1, -0.05) is 6.07 Å². The number of nitrogens with zero attached hydrogens (tertiary/aromatic N) is 1. The van der Waals surface area contributed by atoms with E-state index in [1.54, 1.807) is 12.1 Å². The van der Waals surface area contributed by atoms with Gasteiger partial charge in [0.25, 0.3) is 0 Å². The molecule has 2 heterocycles. The molecule has 1 aromatic heterocycles. The fourth-order valence-electron chi connectivity index (χ4n) is 2.69. The minimum Gasteiger partial charge on any atom is -0.478 e. The van der Waals surface area contributed by atoms with E-state index in [-0.39, 0.29) is 4.75 Å². The van der Waals surface area contributed by atoms with Gasteiger partial charge in [0.1, 0.15) is 5.82 Å². The van der Waals surface area contributed by atoms with Crippen molar-refractivity contribution in [1.82, 2.24) is 4.98 Å². The summed E-state index contributed by atoms with van der Waals surface area (Å²) in [5.41, 5.74) is 1.01. The van der Waals surface area contributed by atoms with Crippen molar-refractivity contribution in [3.63, 3.8) is 0 Å². The first kappa shape index (κ1) is 14.2. The molecule has 1 aromatic carbocycles. The highest BCUT2D eigenvalue weighted by atomic mass is 32.2. The maximum atomic E-state index is 11.2. The number of hydrogen-bond acceptors (Lipinski definition) is 4. The van der Waals surface area contributed by atoms with Crippen LogP contribution in [-0.2, 0) is 0 Å². The Kier molecular flexibility index (Phi) is 3.76. The molecule has 4 nitrogen and oxygen atoms in total. The van der Waals surface area contributed by atoms with E-state index in [9.17, 15) is 9.90 Å². The molecule has 0 spiro atoms. The van der Waals surface area contributed by atoms with Gasteiger partial charge in [0.05, 0.1) is 11.1 Å². The number of fused-ring (bicyclic) bond motifs is 1. The quantitative estimate of drug-likeness (QED) is 0.903. The lowest BCUT2D eigenvalue weighted by molar-refractivity contribution is 0.0699. The summed E-state index contributed by atoms with van der Waals surface area (Å²) >= 11 is 2.01. The number of aromatic nitrogens is 1. The molecule has 21 heavy (non-hydrogen) atoms. The molecule has 1 fully saturated rings. The fraction of sp³-hybridized carbons (Fsp3) is 0.375. The van der Waals surface area contributed by atoms with E-state index in [1.807, 2.05) is 30.0 Å². The van der Waals surface area contributed by atoms with E-state index in [0.29, 0.717) is 16.5 Å². The number of aromatic carboxylic acids is 1. The van der Waals surface area contributed by atoms with Crippen LogP contribution in [0.1, 0.15) is 30.1 Å². The number of thioether (sulfide) groups is 1. The van der Waals surface area contributed by atoms with Crippen LogP contribution in [0.4, 0.5) is 5.82 Å². The Bertz CT molecular complexity index is 681. The number of hydrogen-bond donors (Lipinski definition) is 2. The summed E-state index contributed by atoms with van der Waals surface area (Å²) in [5, 5.41) is 13.3. The summed E-state index contributed by atoms with van der Waals surface area (Å²) < 4.78 is 0.277. The molecule has 1 saturated heterocycles. The predicted molar refractivity (Wildman–Crippen MR) is 87.3 cm³/mol. The Balaban J connectivity index is 1.83. The number of pyridine rings is 1. The normalized spacial score (nSPS) is 21.6. The van der Waals surface area contributed by atoms with Gasteiger partial charge >= 0.3 is 5.97 Å². The molecule has 5 heteroatoms. The summed E-state index contributed by atoms with van der Waals surface area (Å²) in [4.78, 5) is 15.7. The molecule has 0 bridgehead atoms. The number of carboxylic acid groups (broad SMARTS) is 1. The van der Waals surface area contributed by atoms with Crippen molar-refractivity contribution < 1.29 is 9.90 Å². The highest BCUT2D eigenvalue weighted by molar-refractivity contribution is 8.00. The van der Waals surface area contributed by atoms with Gasteiger partial charge in [-0.25, -0.2) is 9.78 Å². The smallest absolute Gasteiger partial charge is 0.336 e. The van der Waals surface area contributed by atoms with Gasteiger partial charge in [0.2, 0.25) is 0 Å². The number of rotatable bonds is 4. The monoisotopic (exact) mass is 302 g/mol. The van der Waals surface area contributed by atoms with Crippen LogP contribution in [0.5, 0.6) is 0 Å². The minimum absolute atomic E-state index is 0.277. The van der Waals surface area contributed by atoms with Crippen LogP contribution in [-0.4, -0.2) is 33.1 Å². The molecular weight excluding hydrogens is 284 g/mol. The average Bonchev–Trinajstić information content (AvgIpc) is 2.91. The second-order valence-corrected chi connectivity index (χ2v) is 7.31. The molecule has 0 radical (unpaired) electrons. The van der Waals surface area contributed by atoms with Crippen molar-refractivity contribution in [2.24, 2.45) is 0 Å². The Morgan fingerprint density at radius 2 is 2.29 bits per heavy atom. The van der Waals surface area contributed by atoms with E-state index in [1.165, 1.54) is 18.6 Å². The first-order chi connectivity index (χ1) is 10.1. The lowest BCUT2D eigenvalue weighted by Gasteiger charge is -2.23. The van der Waals surface area contributed by atoms with Gasteiger partial charge in [0, 0.05) is 16.7 Å². The Morgan fingerprint density at radius 1 is 1.43 bits per heavy atom. The summed E-state index contributed by atoms with van der Waals surface area (Å²) in [6, 6.07) is 8.88. The number of anilines is 1. The third-order valence-corrected chi connectivity index (χ3v) is 5.44. The molecule has 3 rings (SSSR count). The van der Waals surface area contributed by atoms with Crippen molar-refractivity contribution in [3.05, 3.63) is 35.9 Å². The van der Waals surface area contributed by atoms with E-state index in [2.05, 4.69) is 17.2 Å². The van der Waals surface area contributed by atoms with Gasteiger partial charge in [-0.3, -0.25) is 0 Å². The van der Waals surface area contributed by atoms with Crippen LogP contribution in [0, 0.1) is 0 Å². The van der Waals surface area contributed by atoms with E-state index in [4.69, 9.17) is 0 Å². The molecule has 0 saturated carbocycles. The van der Waals surface area contributed by atoms with Crippen molar-refractivity contribution in [2.45, 2.75) is 24.5 Å². The molecule has 2 aromatic rings.